The zero-order valence-corrected chi connectivity index (χ0v) is 6.74. The van der Waals surface area contributed by atoms with Crippen molar-refractivity contribution in [2.45, 2.75) is 38.6 Å². The molecule has 1 saturated carbocycles. The van der Waals surface area contributed by atoms with Crippen molar-refractivity contribution in [1.29, 1.82) is 0 Å². The maximum atomic E-state index is 10.6. The van der Waals surface area contributed by atoms with Gasteiger partial charge in [0.25, 0.3) is 0 Å². The second-order valence-electron chi connectivity index (χ2n) is 3.19. The van der Waals surface area contributed by atoms with Crippen molar-refractivity contribution in [1.82, 2.24) is 5.32 Å². The van der Waals surface area contributed by atoms with Crippen LogP contribution in [0.4, 0.5) is 0 Å². The van der Waals surface area contributed by atoms with E-state index in [4.69, 9.17) is 0 Å². The summed E-state index contributed by atoms with van der Waals surface area (Å²) in [6.45, 7) is 4.34. The number of hydrogen-bond donors (Lipinski definition) is 1. The molecular formula is C8H15NO. The molecule has 0 atom stereocenters. The van der Waals surface area contributed by atoms with Gasteiger partial charge in [0.1, 0.15) is 5.78 Å². The van der Waals surface area contributed by atoms with Crippen LogP contribution < -0.4 is 5.32 Å². The first-order valence-corrected chi connectivity index (χ1v) is 3.93. The summed E-state index contributed by atoms with van der Waals surface area (Å²) in [5.41, 5.74) is 0.353. The molecule has 0 aromatic rings. The molecule has 1 aliphatic carbocycles. The molecule has 2 nitrogen and oxygen atoms in total. The van der Waals surface area contributed by atoms with Crippen LogP contribution in [-0.4, -0.2) is 17.9 Å². The molecule has 0 bridgehead atoms. The molecule has 1 aliphatic rings. The van der Waals surface area contributed by atoms with Crippen LogP contribution in [0.15, 0.2) is 0 Å². The van der Waals surface area contributed by atoms with Crippen molar-refractivity contribution in [2.75, 3.05) is 6.54 Å². The van der Waals surface area contributed by atoms with E-state index in [0.29, 0.717) is 12.1 Å². The highest BCUT2D eigenvalue weighted by Crippen LogP contribution is 2.37. The van der Waals surface area contributed by atoms with E-state index in [9.17, 15) is 4.79 Å². The van der Waals surface area contributed by atoms with Gasteiger partial charge in [-0.25, -0.2) is 0 Å². The molecule has 1 fully saturated rings. The maximum absolute atomic E-state index is 10.6. The molecule has 0 unspecified atom stereocenters. The second kappa shape index (κ2) is 2.70. The Morgan fingerprint density at radius 3 is 2.50 bits per heavy atom. The highest BCUT2D eigenvalue weighted by Gasteiger charge is 2.39. The van der Waals surface area contributed by atoms with Gasteiger partial charge in [0, 0.05) is 5.54 Å². The molecule has 0 amide bonds. The van der Waals surface area contributed by atoms with Gasteiger partial charge in [-0.05, 0) is 26.2 Å². The predicted molar refractivity (Wildman–Crippen MR) is 40.9 cm³/mol. The monoisotopic (exact) mass is 141 g/mol. The molecule has 0 aliphatic heterocycles. The standard InChI is InChI=1S/C8H15NO/c1-3-8(4-5-8)9-6-7(2)10/h9H,3-6H2,1-2H3. The van der Waals surface area contributed by atoms with E-state index in [1.165, 1.54) is 12.8 Å². The minimum absolute atomic E-state index is 0.236. The topological polar surface area (TPSA) is 29.1 Å². The molecule has 10 heavy (non-hydrogen) atoms. The minimum atomic E-state index is 0.236. The highest BCUT2D eigenvalue weighted by molar-refractivity contribution is 5.77. The van der Waals surface area contributed by atoms with Crippen molar-refractivity contribution in [3.63, 3.8) is 0 Å². The van der Waals surface area contributed by atoms with Crippen molar-refractivity contribution in [3.8, 4) is 0 Å². The predicted octanol–water partition coefficient (Wildman–Crippen LogP) is 1.11. The summed E-state index contributed by atoms with van der Waals surface area (Å²) >= 11 is 0. The van der Waals surface area contributed by atoms with Crippen LogP contribution in [0.25, 0.3) is 0 Å². The van der Waals surface area contributed by atoms with Crippen LogP contribution >= 0.6 is 0 Å². The fraction of sp³-hybridized carbons (Fsp3) is 0.875. The van der Waals surface area contributed by atoms with Gasteiger partial charge < -0.3 is 5.32 Å². The van der Waals surface area contributed by atoms with E-state index in [0.717, 1.165) is 6.42 Å². The van der Waals surface area contributed by atoms with Crippen LogP contribution in [0.5, 0.6) is 0 Å². The molecule has 0 saturated heterocycles. The smallest absolute Gasteiger partial charge is 0.143 e. The fourth-order valence-electron chi connectivity index (χ4n) is 1.12. The SMILES string of the molecule is CCC1(NCC(C)=O)CC1. The average Bonchev–Trinajstić information content (AvgIpc) is 2.64. The summed E-state index contributed by atoms with van der Waals surface area (Å²) < 4.78 is 0. The second-order valence-corrected chi connectivity index (χ2v) is 3.19. The molecule has 58 valence electrons. The van der Waals surface area contributed by atoms with Gasteiger partial charge >= 0.3 is 0 Å². The van der Waals surface area contributed by atoms with Gasteiger partial charge in [-0.3, -0.25) is 4.79 Å². The third-order valence-electron chi connectivity index (χ3n) is 2.24. The van der Waals surface area contributed by atoms with Crippen LogP contribution in [0.1, 0.15) is 33.1 Å². The van der Waals surface area contributed by atoms with Crippen LogP contribution in [0.3, 0.4) is 0 Å². The van der Waals surface area contributed by atoms with Gasteiger partial charge in [-0.1, -0.05) is 6.92 Å². The summed E-state index contributed by atoms with van der Waals surface area (Å²) in [5, 5.41) is 3.27. The summed E-state index contributed by atoms with van der Waals surface area (Å²) in [4.78, 5) is 10.6. The molecule has 0 radical (unpaired) electrons. The first-order valence-electron chi connectivity index (χ1n) is 3.93. The summed E-state index contributed by atoms with van der Waals surface area (Å²) in [6.07, 6.45) is 3.65. The number of Topliss-reactive ketones (excluding diaryl/α,β-unsaturated/α-hetero) is 1. The average molecular weight is 141 g/mol. The number of carbonyl (C=O) groups is 1. The lowest BCUT2D eigenvalue weighted by Gasteiger charge is -2.12. The lowest BCUT2D eigenvalue weighted by molar-refractivity contribution is -0.116. The molecule has 0 heterocycles. The zero-order valence-electron chi connectivity index (χ0n) is 6.74. The first-order chi connectivity index (χ1) is 4.68. The normalized spacial score (nSPS) is 20.6. The Morgan fingerprint density at radius 2 is 2.20 bits per heavy atom. The lowest BCUT2D eigenvalue weighted by atomic mass is 10.2. The Hall–Kier alpha value is -0.370. The number of hydrogen-bond acceptors (Lipinski definition) is 2. The fourth-order valence-corrected chi connectivity index (χ4v) is 1.12. The van der Waals surface area contributed by atoms with E-state index in [-0.39, 0.29) is 5.78 Å². The number of ketones is 1. The summed E-state index contributed by atoms with van der Waals surface area (Å²) in [6, 6.07) is 0. The largest absolute Gasteiger partial charge is 0.304 e. The third-order valence-corrected chi connectivity index (χ3v) is 2.24. The highest BCUT2D eigenvalue weighted by atomic mass is 16.1. The molecule has 0 aromatic carbocycles. The van der Waals surface area contributed by atoms with Gasteiger partial charge in [0.05, 0.1) is 6.54 Å². The Labute approximate surface area is 62.0 Å². The van der Waals surface area contributed by atoms with E-state index in [2.05, 4.69) is 12.2 Å². The molecule has 0 spiro atoms. The van der Waals surface area contributed by atoms with Crippen molar-refractivity contribution in [2.24, 2.45) is 0 Å². The van der Waals surface area contributed by atoms with Gasteiger partial charge in [-0.15, -0.1) is 0 Å². The summed E-state index contributed by atoms with van der Waals surface area (Å²) in [7, 11) is 0. The van der Waals surface area contributed by atoms with Gasteiger partial charge in [0.15, 0.2) is 0 Å². The van der Waals surface area contributed by atoms with Crippen molar-refractivity contribution < 1.29 is 4.79 Å². The molecule has 1 rings (SSSR count). The van der Waals surface area contributed by atoms with E-state index in [1.54, 1.807) is 6.92 Å². The van der Waals surface area contributed by atoms with E-state index < -0.39 is 0 Å². The first kappa shape index (κ1) is 7.73. The lowest BCUT2D eigenvalue weighted by Crippen LogP contribution is -2.34. The quantitative estimate of drug-likeness (QED) is 0.635. The molecule has 1 N–H and O–H groups in total. The number of rotatable bonds is 4. The van der Waals surface area contributed by atoms with Crippen LogP contribution in [0, 0.1) is 0 Å². The molecular weight excluding hydrogens is 126 g/mol. The third kappa shape index (κ3) is 1.81. The molecule has 0 aromatic heterocycles. The van der Waals surface area contributed by atoms with Crippen LogP contribution in [-0.2, 0) is 4.79 Å². The summed E-state index contributed by atoms with van der Waals surface area (Å²) in [5.74, 6) is 0.236. The van der Waals surface area contributed by atoms with Crippen LogP contribution in [0.2, 0.25) is 0 Å². The van der Waals surface area contributed by atoms with Crippen molar-refractivity contribution in [3.05, 3.63) is 0 Å². The Bertz CT molecular complexity index is 138. The Morgan fingerprint density at radius 1 is 1.60 bits per heavy atom. The minimum Gasteiger partial charge on any atom is -0.304 e. The number of nitrogens with one attached hydrogen (secondary N) is 1. The maximum Gasteiger partial charge on any atom is 0.143 e. The van der Waals surface area contributed by atoms with Crippen molar-refractivity contribution >= 4 is 5.78 Å². The Balaban J connectivity index is 2.19. The van der Waals surface area contributed by atoms with E-state index in [1.807, 2.05) is 0 Å². The van der Waals surface area contributed by atoms with E-state index >= 15 is 0 Å². The van der Waals surface area contributed by atoms with Gasteiger partial charge in [-0.2, -0.15) is 0 Å². The van der Waals surface area contributed by atoms with Gasteiger partial charge in [0.2, 0.25) is 0 Å². The number of carbonyl (C=O) groups excluding carboxylic acids is 1. The Kier molecular flexibility index (Phi) is 2.09. The zero-order chi connectivity index (χ0) is 7.61. The molecule has 2 heteroatoms.